The molecule has 1 aliphatic heterocycles. The van der Waals surface area contributed by atoms with E-state index in [1.54, 1.807) is 0 Å². The van der Waals surface area contributed by atoms with Gasteiger partial charge >= 0.3 is 0 Å². The number of benzene rings is 1. The molecule has 0 bridgehead atoms. The highest BCUT2D eigenvalue weighted by Crippen LogP contribution is 2.19. The maximum absolute atomic E-state index is 4.09. The van der Waals surface area contributed by atoms with Gasteiger partial charge in [0.05, 0.1) is 0 Å². The Bertz CT molecular complexity index is 560. The molecule has 0 aliphatic carbocycles. The van der Waals surface area contributed by atoms with E-state index in [2.05, 4.69) is 58.5 Å². The van der Waals surface area contributed by atoms with Gasteiger partial charge in [0.1, 0.15) is 0 Å². The first-order valence-electron chi connectivity index (χ1n) is 7.75. The van der Waals surface area contributed by atoms with Crippen molar-refractivity contribution < 1.29 is 0 Å². The summed E-state index contributed by atoms with van der Waals surface area (Å²) < 4.78 is 0. The average Bonchev–Trinajstić information content (AvgIpc) is 2.54. The normalized spacial score (nSPS) is 16.1. The Hall–Kier alpha value is -1.87. The lowest BCUT2D eigenvalue weighted by atomic mass is 10.0. The predicted octanol–water partition coefficient (Wildman–Crippen LogP) is 3.15. The quantitative estimate of drug-likeness (QED) is 0.933. The van der Waals surface area contributed by atoms with Crippen LogP contribution < -0.4 is 10.2 Å². The highest BCUT2D eigenvalue weighted by molar-refractivity contribution is 5.44. The molecule has 110 valence electrons. The number of aromatic nitrogens is 1. The number of pyridine rings is 1. The number of nitrogens with one attached hydrogen (secondary N) is 1. The number of hydrogen-bond donors (Lipinski definition) is 1. The fourth-order valence-electron chi connectivity index (χ4n) is 2.98. The molecule has 3 rings (SSSR count). The Morgan fingerprint density at radius 2 is 1.90 bits per heavy atom. The van der Waals surface area contributed by atoms with Crippen LogP contribution in [-0.4, -0.2) is 24.1 Å². The smallest absolute Gasteiger partial charge is 0.0397 e. The van der Waals surface area contributed by atoms with Gasteiger partial charge in [0, 0.05) is 43.8 Å². The Balaban J connectivity index is 1.48. The van der Waals surface area contributed by atoms with Crippen LogP contribution in [0, 0.1) is 6.92 Å². The van der Waals surface area contributed by atoms with Gasteiger partial charge in [0.25, 0.3) is 0 Å². The Morgan fingerprint density at radius 1 is 1.14 bits per heavy atom. The second kappa shape index (κ2) is 6.72. The fourth-order valence-corrected chi connectivity index (χ4v) is 2.98. The second-order valence-electron chi connectivity index (χ2n) is 5.84. The van der Waals surface area contributed by atoms with Gasteiger partial charge < -0.3 is 10.2 Å². The monoisotopic (exact) mass is 281 g/mol. The van der Waals surface area contributed by atoms with Crippen molar-refractivity contribution >= 4 is 5.69 Å². The third-order valence-electron chi connectivity index (χ3n) is 4.20. The van der Waals surface area contributed by atoms with Gasteiger partial charge in [-0.25, -0.2) is 0 Å². The van der Waals surface area contributed by atoms with E-state index in [4.69, 9.17) is 0 Å². The maximum Gasteiger partial charge on any atom is 0.0397 e. The number of rotatable bonds is 4. The van der Waals surface area contributed by atoms with Crippen molar-refractivity contribution in [3.63, 3.8) is 0 Å². The van der Waals surface area contributed by atoms with Crippen LogP contribution in [0.4, 0.5) is 5.69 Å². The minimum Gasteiger partial charge on any atom is -0.371 e. The number of piperidine rings is 1. The van der Waals surface area contributed by atoms with Gasteiger partial charge in [-0.2, -0.15) is 0 Å². The van der Waals surface area contributed by atoms with Crippen LogP contribution in [-0.2, 0) is 6.54 Å². The molecule has 3 nitrogen and oxygen atoms in total. The highest BCUT2D eigenvalue weighted by Gasteiger charge is 2.18. The number of aryl methyl sites for hydroxylation is 1. The Kier molecular flexibility index (Phi) is 4.51. The van der Waals surface area contributed by atoms with Crippen molar-refractivity contribution in [3.05, 3.63) is 59.9 Å². The number of anilines is 1. The van der Waals surface area contributed by atoms with E-state index in [9.17, 15) is 0 Å². The zero-order chi connectivity index (χ0) is 14.5. The van der Waals surface area contributed by atoms with E-state index in [1.807, 2.05) is 12.4 Å². The fraction of sp³-hybridized carbons (Fsp3) is 0.389. The van der Waals surface area contributed by atoms with Gasteiger partial charge in [0.15, 0.2) is 0 Å². The summed E-state index contributed by atoms with van der Waals surface area (Å²) in [6.45, 7) is 5.36. The van der Waals surface area contributed by atoms with E-state index in [-0.39, 0.29) is 0 Å². The number of nitrogens with zero attached hydrogens (tertiary/aromatic N) is 2. The van der Waals surface area contributed by atoms with E-state index in [0.717, 1.165) is 19.6 Å². The lowest BCUT2D eigenvalue weighted by molar-refractivity contribution is 0.414. The first kappa shape index (κ1) is 14.1. The molecule has 1 saturated heterocycles. The van der Waals surface area contributed by atoms with Gasteiger partial charge in [-0.05, 0) is 37.5 Å². The van der Waals surface area contributed by atoms with Gasteiger partial charge in [-0.1, -0.05) is 29.8 Å². The maximum atomic E-state index is 4.09. The van der Waals surface area contributed by atoms with E-state index < -0.39 is 0 Å². The van der Waals surface area contributed by atoms with Crippen molar-refractivity contribution in [1.29, 1.82) is 0 Å². The van der Waals surface area contributed by atoms with Crippen molar-refractivity contribution in [2.75, 3.05) is 18.0 Å². The van der Waals surface area contributed by atoms with Crippen LogP contribution in [0.25, 0.3) is 0 Å². The van der Waals surface area contributed by atoms with Gasteiger partial charge in [-0.3, -0.25) is 4.98 Å². The van der Waals surface area contributed by atoms with Crippen LogP contribution in [0.3, 0.4) is 0 Å². The van der Waals surface area contributed by atoms with Gasteiger partial charge in [0.2, 0.25) is 0 Å². The van der Waals surface area contributed by atoms with Gasteiger partial charge in [-0.15, -0.1) is 0 Å². The summed E-state index contributed by atoms with van der Waals surface area (Å²) >= 11 is 0. The third-order valence-corrected chi connectivity index (χ3v) is 4.20. The molecule has 0 atom stereocenters. The van der Waals surface area contributed by atoms with Crippen LogP contribution in [0.1, 0.15) is 24.0 Å². The molecule has 0 amide bonds. The molecule has 0 radical (unpaired) electrons. The SMILES string of the molecule is Cc1cccc(CNC2CCN(c3ccncc3)CC2)c1. The molecular weight excluding hydrogens is 258 g/mol. The minimum absolute atomic E-state index is 0.628. The molecule has 1 fully saturated rings. The number of hydrogen-bond acceptors (Lipinski definition) is 3. The zero-order valence-electron chi connectivity index (χ0n) is 12.6. The minimum atomic E-state index is 0.628. The lowest BCUT2D eigenvalue weighted by Crippen LogP contribution is -2.42. The summed E-state index contributed by atoms with van der Waals surface area (Å²) in [5.41, 5.74) is 4.01. The zero-order valence-corrected chi connectivity index (χ0v) is 12.6. The summed E-state index contributed by atoms with van der Waals surface area (Å²) in [6.07, 6.45) is 6.15. The molecule has 3 heteroatoms. The molecule has 1 aromatic carbocycles. The van der Waals surface area contributed by atoms with E-state index in [1.165, 1.54) is 29.7 Å². The molecule has 1 aromatic heterocycles. The molecule has 2 aromatic rings. The first-order chi connectivity index (χ1) is 10.3. The molecule has 0 saturated carbocycles. The van der Waals surface area contributed by atoms with Crippen molar-refractivity contribution in [1.82, 2.24) is 10.3 Å². The molecule has 0 spiro atoms. The van der Waals surface area contributed by atoms with Crippen molar-refractivity contribution in [2.45, 2.75) is 32.4 Å². The summed E-state index contributed by atoms with van der Waals surface area (Å²) in [4.78, 5) is 6.54. The largest absolute Gasteiger partial charge is 0.371 e. The lowest BCUT2D eigenvalue weighted by Gasteiger charge is -2.34. The first-order valence-corrected chi connectivity index (χ1v) is 7.75. The van der Waals surface area contributed by atoms with Crippen LogP contribution in [0.15, 0.2) is 48.8 Å². The standard InChI is InChI=1S/C18H23N3/c1-15-3-2-4-16(13-15)14-20-17-7-11-21(12-8-17)18-5-9-19-10-6-18/h2-6,9-10,13,17,20H,7-8,11-12,14H2,1H3. The Labute approximate surface area is 127 Å². The molecule has 21 heavy (non-hydrogen) atoms. The summed E-state index contributed by atoms with van der Waals surface area (Å²) in [6, 6.07) is 13.6. The topological polar surface area (TPSA) is 28.2 Å². The molecule has 1 aliphatic rings. The average molecular weight is 281 g/mol. The van der Waals surface area contributed by atoms with Crippen molar-refractivity contribution in [2.24, 2.45) is 0 Å². The van der Waals surface area contributed by atoms with E-state index in [0.29, 0.717) is 6.04 Å². The van der Waals surface area contributed by atoms with Crippen LogP contribution in [0.5, 0.6) is 0 Å². The summed E-state index contributed by atoms with van der Waals surface area (Å²) in [7, 11) is 0. The predicted molar refractivity (Wildman–Crippen MR) is 87.5 cm³/mol. The highest BCUT2D eigenvalue weighted by atomic mass is 15.1. The third kappa shape index (κ3) is 3.82. The summed E-state index contributed by atoms with van der Waals surface area (Å²) in [5, 5.41) is 3.70. The van der Waals surface area contributed by atoms with Crippen LogP contribution in [0.2, 0.25) is 0 Å². The molecule has 0 unspecified atom stereocenters. The molecule has 2 heterocycles. The van der Waals surface area contributed by atoms with Crippen molar-refractivity contribution in [3.8, 4) is 0 Å². The van der Waals surface area contributed by atoms with Crippen LogP contribution >= 0.6 is 0 Å². The second-order valence-corrected chi connectivity index (χ2v) is 5.84. The molecule has 1 N–H and O–H groups in total. The Morgan fingerprint density at radius 3 is 2.62 bits per heavy atom. The summed E-state index contributed by atoms with van der Waals surface area (Å²) in [5.74, 6) is 0. The molecular formula is C18H23N3. The van der Waals surface area contributed by atoms with E-state index >= 15 is 0 Å².